The van der Waals surface area contributed by atoms with Crippen molar-refractivity contribution in [3.05, 3.63) is 35.9 Å². The van der Waals surface area contributed by atoms with Crippen LogP contribution in [-0.2, 0) is 0 Å². The maximum absolute atomic E-state index is 9.05. The molecular formula is C11H14O. The summed E-state index contributed by atoms with van der Waals surface area (Å²) in [7, 11) is 0. The van der Waals surface area contributed by atoms with E-state index in [1.54, 1.807) is 12.1 Å². The highest BCUT2D eigenvalue weighted by atomic mass is 16.3. The van der Waals surface area contributed by atoms with Gasteiger partial charge in [0.05, 0.1) is 0 Å². The van der Waals surface area contributed by atoms with Gasteiger partial charge in [-0.05, 0) is 36.6 Å². The topological polar surface area (TPSA) is 20.2 Å². The maximum Gasteiger partial charge on any atom is 0.115 e. The predicted molar refractivity (Wildman–Crippen MR) is 52.0 cm³/mol. The minimum atomic E-state index is 0.322. The van der Waals surface area contributed by atoms with Crippen LogP contribution in [0.25, 0.3) is 5.57 Å². The normalized spacial score (nSPS) is 11.7. The number of rotatable bonds is 2. The average Bonchev–Trinajstić information content (AvgIpc) is 2.06. The predicted octanol–water partition coefficient (Wildman–Crippen LogP) is 3.21. The van der Waals surface area contributed by atoms with E-state index in [-0.39, 0.29) is 0 Å². The molecule has 0 aromatic heterocycles. The lowest BCUT2D eigenvalue weighted by Gasteiger charge is -2.00. The fourth-order valence-corrected chi connectivity index (χ4v) is 1.15. The summed E-state index contributed by atoms with van der Waals surface area (Å²) >= 11 is 0. The van der Waals surface area contributed by atoms with Gasteiger partial charge < -0.3 is 5.11 Å². The zero-order valence-corrected chi connectivity index (χ0v) is 7.54. The van der Waals surface area contributed by atoms with Crippen LogP contribution in [0.1, 0.15) is 25.8 Å². The van der Waals surface area contributed by atoms with Crippen molar-refractivity contribution >= 4 is 5.57 Å². The zero-order chi connectivity index (χ0) is 8.97. The molecule has 0 aliphatic carbocycles. The van der Waals surface area contributed by atoms with Gasteiger partial charge in [-0.15, -0.1) is 0 Å². The molecule has 0 unspecified atom stereocenters. The van der Waals surface area contributed by atoms with E-state index in [9.17, 15) is 0 Å². The Labute approximate surface area is 73.4 Å². The van der Waals surface area contributed by atoms with Gasteiger partial charge in [0.15, 0.2) is 0 Å². The monoisotopic (exact) mass is 162 g/mol. The van der Waals surface area contributed by atoms with Crippen molar-refractivity contribution in [2.75, 3.05) is 0 Å². The molecule has 1 rings (SSSR count). The lowest BCUT2D eigenvalue weighted by molar-refractivity contribution is 0.475. The van der Waals surface area contributed by atoms with E-state index in [0.717, 1.165) is 6.42 Å². The van der Waals surface area contributed by atoms with Gasteiger partial charge in [-0.2, -0.15) is 0 Å². The Bertz CT molecular complexity index is 270. The van der Waals surface area contributed by atoms with Crippen LogP contribution in [0.3, 0.4) is 0 Å². The average molecular weight is 162 g/mol. The molecule has 0 aliphatic heterocycles. The van der Waals surface area contributed by atoms with Gasteiger partial charge in [-0.1, -0.05) is 25.1 Å². The molecule has 0 amide bonds. The lowest BCUT2D eigenvalue weighted by atomic mass is 10.1. The Hall–Kier alpha value is -1.24. The Morgan fingerprint density at radius 2 is 1.92 bits per heavy atom. The van der Waals surface area contributed by atoms with Crippen LogP contribution in [0.4, 0.5) is 0 Å². The molecule has 1 aromatic rings. The molecule has 0 atom stereocenters. The molecule has 1 aromatic carbocycles. The van der Waals surface area contributed by atoms with Gasteiger partial charge in [0.25, 0.3) is 0 Å². The smallest absolute Gasteiger partial charge is 0.115 e. The Morgan fingerprint density at radius 1 is 1.33 bits per heavy atom. The number of allylic oxidation sites excluding steroid dienone is 2. The van der Waals surface area contributed by atoms with Gasteiger partial charge in [-0.25, -0.2) is 0 Å². The molecule has 0 heterocycles. The molecule has 0 aliphatic rings. The third-order valence-electron chi connectivity index (χ3n) is 1.83. The molecule has 1 N–H and O–H groups in total. The number of phenolic OH excluding ortho intramolecular Hbond substituents is 1. The summed E-state index contributed by atoms with van der Waals surface area (Å²) < 4.78 is 0. The largest absolute Gasteiger partial charge is 0.508 e. The number of aromatic hydroxyl groups is 1. The van der Waals surface area contributed by atoms with Crippen molar-refractivity contribution in [2.24, 2.45) is 0 Å². The molecule has 0 saturated carbocycles. The maximum atomic E-state index is 9.05. The summed E-state index contributed by atoms with van der Waals surface area (Å²) in [6.07, 6.45) is 3.22. The molecule has 64 valence electrons. The molecular weight excluding hydrogens is 148 g/mol. The molecule has 1 heteroatoms. The van der Waals surface area contributed by atoms with Crippen molar-refractivity contribution in [3.8, 4) is 5.75 Å². The summed E-state index contributed by atoms with van der Waals surface area (Å²) in [5.74, 6) is 0.322. The van der Waals surface area contributed by atoms with Crippen LogP contribution in [-0.4, -0.2) is 5.11 Å². The molecule has 0 bridgehead atoms. The molecule has 0 radical (unpaired) electrons. The Balaban J connectivity index is 2.89. The van der Waals surface area contributed by atoms with Crippen LogP contribution in [0, 0.1) is 0 Å². The second-order valence-corrected chi connectivity index (χ2v) is 2.84. The Kier molecular flexibility index (Phi) is 2.92. The zero-order valence-electron chi connectivity index (χ0n) is 7.54. The van der Waals surface area contributed by atoms with Crippen LogP contribution in [0.2, 0.25) is 0 Å². The summed E-state index contributed by atoms with van der Waals surface area (Å²) in [5, 5.41) is 9.05. The van der Waals surface area contributed by atoms with E-state index in [4.69, 9.17) is 5.11 Å². The first kappa shape index (κ1) is 8.85. The van der Waals surface area contributed by atoms with Crippen LogP contribution in [0.15, 0.2) is 30.3 Å². The van der Waals surface area contributed by atoms with Crippen molar-refractivity contribution in [1.29, 1.82) is 0 Å². The first-order valence-electron chi connectivity index (χ1n) is 4.20. The second kappa shape index (κ2) is 3.96. The highest BCUT2D eigenvalue weighted by molar-refractivity contribution is 5.63. The first-order chi connectivity index (χ1) is 5.74. The summed E-state index contributed by atoms with van der Waals surface area (Å²) in [6.45, 7) is 4.19. The van der Waals surface area contributed by atoms with E-state index in [1.165, 1.54) is 11.1 Å². The van der Waals surface area contributed by atoms with Crippen LogP contribution < -0.4 is 0 Å². The van der Waals surface area contributed by atoms with Crippen molar-refractivity contribution < 1.29 is 5.11 Å². The standard InChI is InChI=1S/C11H14O/c1-3-4-9(2)10-5-7-11(12)8-6-10/h4-8,12H,3H2,1-2H3/b9-4-. The quantitative estimate of drug-likeness (QED) is 0.708. The molecule has 1 nitrogen and oxygen atoms in total. The first-order valence-corrected chi connectivity index (χ1v) is 4.20. The van der Waals surface area contributed by atoms with Crippen molar-refractivity contribution in [2.45, 2.75) is 20.3 Å². The van der Waals surface area contributed by atoms with Crippen LogP contribution >= 0.6 is 0 Å². The third-order valence-corrected chi connectivity index (χ3v) is 1.83. The fourth-order valence-electron chi connectivity index (χ4n) is 1.15. The molecule has 0 fully saturated rings. The SMILES string of the molecule is CC/C=C(/C)c1ccc(O)cc1. The van der Waals surface area contributed by atoms with Gasteiger partial charge in [0.2, 0.25) is 0 Å². The summed E-state index contributed by atoms with van der Waals surface area (Å²) in [4.78, 5) is 0. The minimum Gasteiger partial charge on any atom is -0.508 e. The number of hydrogen-bond donors (Lipinski definition) is 1. The van der Waals surface area contributed by atoms with Gasteiger partial charge in [0.1, 0.15) is 5.75 Å². The van der Waals surface area contributed by atoms with E-state index in [1.807, 2.05) is 12.1 Å². The highest BCUT2D eigenvalue weighted by Gasteiger charge is 1.93. The van der Waals surface area contributed by atoms with Gasteiger partial charge >= 0.3 is 0 Å². The van der Waals surface area contributed by atoms with E-state index < -0.39 is 0 Å². The molecule has 0 spiro atoms. The number of phenols is 1. The summed E-state index contributed by atoms with van der Waals surface area (Å²) in [6, 6.07) is 7.28. The molecule has 12 heavy (non-hydrogen) atoms. The van der Waals surface area contributed by atoms with Crippen molar-refractivity contribution in [1.82, 2.24) is 0 Å². The van der Waals surface area contributed by atoms with E-state index in [2.05, 4.69) is 19.9 Å². The van der Waals surface area contributed by atoms with E-state index in [0.29, 0.717) is 5.75 Å². The lowest BCUT2D eigenvalue weighted by Crippen LogP contribution is -1.77. The Morgan fingerprint density at radius 3 is 2.42 bits per heavy atom. The molecule has 0 saturated heterocycles. The van der Waals surface area contributed by atoms with Gasteiger partial charge in [-0.3, -0.25) is 0 Å². The third kappa shape index (κ3) is 2.12. The second-order valence-electron chi connectivity index (χ2n) is 2.84. The fraction of sp³-hybridized carbons (Fsp3) is 0.273. The minimum absolute atomic E-state index is 0.322. The number of hydrogen-bond acceptors (Lipinski definition) is 1. The van der Waals surface area contributed by atoms with Crippen molar-refractivity contribution in [3.63, 3.8) is 0 Å². The number of benzene rings is 1. The van der Waals surface area contributed by atoms with Gasteiger partial charge in [0, 0.05) is 0 Å². The van der Waals surface area contributed by atoms with Crippen LogP contribution in [0.5, 0.6) is 5.75 Å². The summed E-state index contributed by atoms with van der Waals surface area (Å²) in [5.41, 5.74) is 2.44. The van der Waals surface area contributed by atoms with E-state index >= 15 is 0 Å². The highest BCUT2D eigenvalue weighted by Crippen LogP contribution is 2.17.